The number of pyridine rings is 1. The number of carbonyl (C=O) groups is 1. The third-order valence-electron chi connectivity index (χ3n) is 5.90. The molecule has 0 saturated heterocycles. The Morgan fingerprint density at radius 2 is 1.85 bits per heavy atom. The summed E-state index contributed by atoms with van der Waals surface area (Å²) in [6.07, 6.45) is 1.71. The van der Waals surface area contributed by atoms with E-state index in [2.05, 4.69) is 25.3 Å². The highest BCUT2D eigenvalue weighted by Gasteiger charge is 2.18. The summed E-state index contributed by atoms with van der Waals surface area (Å²) in [4.78, 5) is 30.0. The Hall–Kier alpha value is -4.58. The molecular weight excluding hydrogens is 537 g/mol. The smallest absolute Gasteiger partial charge is 0.411 e. The van der Waals surface area contributed by atoms with Crippen LogP contribution in [0.1, 0.15) is 18.1 Å². The fourth-order valence-corrected chi connectivity index (χ4v) is 5.08. The van der Waals surface area contributed by atoms with Crippen LogP contribution in [0.2, 0.25) is 0 Å². The second kappa shape index (κ2) is 11.3. The third-order valence-corrected chi connectivity index (χ3v) is 6.95. The lowest BCUT2D eigenvalue weighted by atomic mass is 10.1. The molecule has 5 aromatic rings. The number of anilines is 1. The lowest BCUT2D eigenvalue weighted by Crippen LogP contribution is -2.24. The minimum absolute atomic E-state index is 0.0350. The van der Waals surface area contributed by atoms with Gasteiger partial charge >= 0.3 is 6.09 Å². The maximum Gasteiger partial charge on any atom is 0.411 e. The molecule has 1 amide bonds. The number of carbonyl (C=O) groups excluding carboxylic acids is 1. The van der Waals surface area contributed by atoms with Gasteiger partial charge in [-0.3, -0.25) is 5.32 Å². The van der Waals surface area contributed by atoms with Gasteiger partial charge in [0.15, 0.2) is 11.6 Å². The summed E-state index contributed by atoms with van der Waals surface area (Å²) in [5.41, 5.74) is 4.85. The van der Waals surface area contributed by atoms with Crippen molar-refractivity contribution in [1.29, 1.82) is 0 Å². The normalized spacial score (nSPS) is 11.8. The van der Waals surface area contributed by atoms with Gasteiger partial charge in [-0.15, -0.1) is 11.3 Å². The lowest BCUT2D eigenvalue weighted by molar-refractivity contribution is 0.0969. The monoisotopic (exact) mass is 563 g/mol. The van der Waals surface area contributed by atoms with E-state index >= 15 is 0 Å². The van der Waals surface area contributed by atoms with Crippen molar-refractivity contribution in [2.75, 3.05) is 26.1 Å². The molecule has 1 unspecified atom stereocenters. The average molecular weight is 564 g/mol. The molecule has 1 N–H and O–H groups in total. The second-order valence-electron chi connectivity index (χ2n) is 9.06. The molecule has 206 valence electrons. The Bertz CT molecular complexity index is 1730. The molecule has 5 rings (SSSR count). The minimum Gasteiger partial charge on any atom is -0.484 e. The summed E-state index contributed by atoms with van der Waals surface area (Å²) >= 11 is 1.39. The quantitative estimate of drug-likeness (QED) is 0.239. The molecule has 0 bridgehead atoms. The van der Waals surface area contributed by atoms with Crippen molar-refractivity contribution >= 4 is 44.4 Å². The van der Waals surface area contributed by atoms with E-state index < -0.39 is 18.0 Å². The molecule has 3 heterocycles. The predicted molar refractivity (Wildman–Crippen MR) is 150 cm³/mol. The van der Waals surface area contributed by atoms with E-state index in [9.17, 15) is 9.18 Å². The SMILES string of the molecule is COc1cnc2c(-c3nc4cc(F)c(OC(C)COC(=O)Nc5cnc(OC)c(C)c5)cc4s3)cc(C)cc2n1. The highest BCUT2D eigenvalue weighted by Crippen LogP contribution is 2.37. The Balaban J connectivity index is 1.29. The number of methoxy groups -OCH3 is 2. The highest BCUT2D eigenvalue weighted by atomic mass is 32.1. The van der Waals surface area contributed by atoms with E-state index in [0.717, 1.165) is 21.4 Å². The van der Waals surface area contributed by atoms with Gasteiger partial charge in [-0.25, -0.2) is 29.1 Å². The maximum absolute atomic E-state index is 14.9. The Kier molecular flexibility index (Phi) is 7.60. The molecule has 0 aliphatic rings. The average Bonchev–Trinajstić information content (AvgIpc) is 3.33. The van der Waals surface area contributed by atoms with Gasteiger partial charge in [-0.2, -0.15) is 0 Å². The Labute approximate surface area is 233 Å². The van der Waals surface area contributed by atoms with Crippen molar-refractivity contribution in [3.63, 3.8) is 0 Å². The largest absolute Gasteiger partial charge is 0.484 e. The molecule has 0 aliphatic carbocycles. The van der Waals surface area contributed by atoms with Crippen molar-refractivity contribution in [1.82, 2.24) is 19.9 Å². The number of benzene rings is 2. The van der Waals surface area contributed by atoms with Crippen molar-refractivity contribution < 1.29 is 28.1 Å². The van der Waals surface area contributed by atoms with Gasteiger partial charge in [0, 0.05) is 23.3 Å². The lowest BCUT2D eigenvalue weighted by Gasteiger charge is -2.16. The van der Waals surface area contributed by atoms with E-state index in [1.165, 1.54) is 37.8 Å². The number of aryl methyl sites for hydroxylation is 2. The van der Waals surface area contributed by atoms with Gasteiger partial charge in [-0.1, -0.05) is 0 Å². The number of ether oxygens (including phenoxy) is 4. The molecular formula is C28H26FN5O5S. The first kappa shape index (κ1) is 27.0. The Morgan fingerprint density at radius 1 is 1.02 bits per heavy atom. The predicted octanol–water partition coefficient (Wildman–Crippen LogP) is 6.09. The van der Waals surface area contributed by atoms with Crippen LogP contribution in [0.25, 0.3) is 31.8 Å². The van der Waals surface area contributed by atoms with E-state index in [1.807, 2.05) is 26.0 Å². The topological polar surface area (TPSA) is 118 Å². The number of fused-ring (bicyclic) bond motifs is 2. The zero-order valence-corrected chi connectivity index (χ0v) is 23.3. The number of aromatic nitrogens is 4. The molecule has 12 heteroatoms. The second-order valence-corrected chi connectivity index (χ2v) is 10.1. The zero-order chi connectivity index (χ0) is 28.4. The molecule has 1 atom stereocenters. The molecule has 0 aliphatic heterocycles. The number of hydrogen-bond donors (Lipinski definition) is 1. The molecule has 0 saturated carbocycles. The van der Waals surface area contributed by atoms with E-state index in [4.69, 9.17) is 18.9 Å². The van der Waals surface area contributed by atoms with E-state index in [-0.39, 0.29) is 12.4 Å². The number of amides is 1. The minimum atomic E-state index is -0.684. The number of thiazole rings is 1. The summed E-state index contributed by atoms with van der Waals surface area (Å²) in [6, 6.07) is 8.54. The number of hydrogen-bond acceptors (Lipinski definition) is 10. The van der Waals surface area contributed by atoms with Crippen molar-refractivity contribution in [2.45, 2.75) is 26.9 Å². The first-order valence-corrected chi connectivity index (χ1v) is 13.1. The van der Waals surface area contributed by atoms with Crippen LogP contribution >= 0.6 is 11.3 Å². The standard InChI is InChI=1S/C28H26FN5O5S/c1-14-6-18(25-21(7-14)33-24(36-4)12-30-25)27-34-20-9-19(29)22(10-23(20)40-27)39-16(3)13-38-28(35)32-17-8-15(2)26(37-5)31-11-17/h6-12,16H,13H2,1-5H3,(H,32,35). The van der Waals surface area contributed by atoms with Gasteiger partial charge in [-0.05, 0) is 44.5 Å². The van der Waals surface area contributed by atoms with Crippen molar-refractivity contribution in [3.8, 4) is 28.1 Å². The molecule has 0 spiro atoms. The first-order valence-electron chi connectivity index (χ1n) is 12.3. The summed E-state index contributed by atoms with van der Waals surface area (Å²) in [5, 5.41) is 3.27. The van der Waals surface area contributed by atoms with Crippen LogP contribution in [-0.2, 0) is 4.74 Å². The number of halogens is 1. The summed E-state index contributed by atoms with van der Waals surface area (Å²) < 4.78 is 37.0. The van der Waals surface area contributed by atoms with Crippen LogP contribution in [0.3, 0.4) is 0 Å². The zero-order valence-electron chi connectivity index (χ0n) is 22.4. The number of nitrogens with zero attached hydrogens (tertiary/aromatic N) is 4. The fraction of sp³-hybridized carbons (Fsp3) is 0.250. The van der Waals surface area contributed by atoms with Crippen LogP contribution in [0, 0.1) is 19.7 Å². The van der Waals surface area contributed by atoms with Crippen LogP contribution in [0.5, 0.6) is 17.5 Å². The van der Waals surface area contributed by atoms with Gasteiger partial charge in [0.05, 0.1) is 53.6 Å². The van der Waals surface area contributed by atoms with Gasteiger partial charge in [0.2, 0.25) is 11.8 Å². The van der Waals surface area contributed by atoms with Crippen LogP contribution in [-0.4, -0.2) is 53.0 Å². The van der Waals surface area contributed by atoms with Gasteiger partial charge < -0.3 is 18.9 Å². The van der Waals surface area contributed by atoms with Crippen LogP contribution in [0.15, 0.2) is 42.7 Å². The fourth-order valence-electron chi connectivity index (χ4n) is 4.09. The Morgan fingerprint density at radius 3 is 2.60 bits per heavy atom. The van der Waals surface area contributed by atoms with Crippen LogP contribution < -0.4 is 19.5 Å². The van der Waals surface area contributed by atoms with Gasteiger partial charge in [0.1, 0.15) is 17.7 Å². The first-order chi connectivity index (χ1) is 19.2. The van der Waals surface area contributed by atoms with Crippen LogP contribution in [0.4, 0.5) is 14.9 Å². The molecule has 3 aromatic heterocycles. The van der Waals surface area contributed by atoms with E-state index in [1.54, 1.807) is 25.3 Å². The number of nitrogens with one attached hydrogen (secondary N) is 1. The number of rotatable bonds is 8. The van der Waals surface area contributed by atoms with Crippen molar-refractivity contribution in [3.05, 3.63) is 59.7 Å². The molecule has 2 aromatic carbocycles. The molecule has 0 radical (unpaired) electrons. The highest BCUT2D eigenvalue weighted by molar-refractivity contribution is 7.21. The van der Waals surface area contributed by atoms with Crippen molar-refractivity contribution in [2.24, 2.45) is 0 Å². The summed E-state index contributed by atoms with van der Waals surface area (Å²) in [6.45, 7) is 5.35. The molecule has 10 nitrogen and oxygen atoms in total. The molecule has 40 heavy (non-hydrogen) atoms. The maximum atomic E-state index is 14.9. The molecule has 0 fully saturated rings. The summed E-state index contributed by atoms with van der Waals surface area (Å²) in [7, 11) is 3.06. The van der Waals surface area contributed by atoms with Gasteiger partial charge in [0.25, 0.3) is 0 Å². The van der Waals surface area contributed by atoms with E-state index in [0.29, 0.717) is 39.0 Å². The third kappa shape index (κ3) is 5.71. The summed E-state index contributed by atoms with van der Waals surface area (Å²) in [5.74, 6) is 0.349.